The predicted octanol–water partition coefficient (Wildman–Crippen LogP) is 2.33. The number of halogens is 3. The summed E-state index contributed by atoms with van der Waals surface area (Å²) < 4.78 is 59.3. The highest BCUT2D eigenvalue weighted by Gasteiger charge is 2.27. The van der Waals surface area contributed by atoms with Crippen LogP contribution >= 0.6 is 0 Å². The van der Waals surface area contributed by atoms with Crippen LogP contribution in [-0.2, 0) is 10.2 Å². The highest BCUT2D eigenvalue weighted by molar-refractivity contribution is 7.86. The third-order valence-electron chi connectivity index (χ3n) is 1.83. The summed E-state index contributed by atoms with van der Waals surface area (Å²) in [5, 5.41) is -1.83. The van der Waals surface area contributed by atoms with Gasteiger partial charge in [-0.2, -0.15) is 8.42 Å². The standard InChI is InChI=1S/C8H7F3O2S/c1-5(14(11,12)13)8-6(9)3-2-4-7(8)10/h2-5H,1H3. The minimum Gasteiger partial charge on any atom is -0.207 e. The Bertz CT molecular complexity index is 422. The molecule has 1 unspecified atom stereocenters. The fraction of sp³-hybridized carbons (Fsp3) is 0.250. The minimum absolute atomic E-state index is 0.769. The van der Waals surface area contributed by atoms with E-state index in [9.17, 15) is 21.1 Å². The Morgan fingerprint density at radius 3 is 2.00 bits per heavy atom. The summed E-state index contributed by atoms with van der Waals surface area (Å²) in [6.45, 7) is 0.886. The van der Waals surface area contributed by atoms with Crippen LogP contribution in [0.25, 0.3) is 0 Å². The molecule has 0 saturated carbocycles. The van der Waals surface area contributed by atoms with Gasteiger partial charge in [0.1, 0.15) is 16.9 Å². The molecule has 0 aliphatic heterocycles. The average molecular weight is 224 g/mol. The molecule has 0 aromatic heterocycles. The van der Waals surface area contributed by atoms with Crippen LogP contribution in [0.15, 0.2) is 18.2 Å². The SMILES string of the molecule is CC(c1c(F)cccc1F)S(=O)(=O)F. The third-order valence-corrected chi connectivity index (χ3v) is 2.91. The highest BCUT2D eigenvalue weighted by Crippen LogP contribution is 2.27. The van der Waals surface area contributed by atoms with Gasteiger partial charge in [-0.25, -0.2) is 8.78 Å². The number of benzene rings is 1. The molecular weight excluding hydrogens is 217 g/mol. The van der Waals surface area contributed by atoms with E-state index in [0.717, 1.165) is 25.1 Å². The zero-order valence-electron chi connectivity index (χ0n) is 7.17. The lowest BCUT2D eigenvalue weighted by Gasteiger charge is -2.08. The van der Waals surface area contributed by atoms with Crippen LogP contribution in [0, 0.1) is 11.6 Å². The number of hydrogen-bond acceptors (Lipinski definition) is 2. The zero-order valence-corrected chi connectivity index (χ0v) is 7.98. The molecule has 0 saturated heterocycles. The fourth-order valence-corrected chi connectivity index (χ4v) is 1.55. The van der Waals surface area contributed by atoms with Crippen LogP contribution in [0.1, 0.15) is 17.7 Å². The second-order valence-electron chi connectivity index (χ2n) is 2.75. The van der Waals surface area contributed by atoms with Crippen molar-refractivity contribution in [3.8, 4) is 0 Å². The molecule has 0 N–H and O–H groups in total. The molecule has 14 heavy (non-hydrogen) atoms. The lowest BCUT2D eigenvalue weighted by molar-refractivity contribution is 0.518. The van der Waals surface area contributed by atoms with Gasteiger partial charge >= 0.3 is 10.2 Å². The summed E-state index contributed by atoms with van der Waals surface area (Å²) >= 11 is 0. The maximum absolute atomic E-state index is 13.0. The lowest BCUT2D eigenvalue weighted by Crippen LogP contribution is -2.08. The molecule has 0 aliphatic carbocycles. The topological polar surface area (TPSA) is 34.1 Å². The normalized spacial score (nSPS) is 14.0. The van der Waals surface area contributed by atoms with Gasteiger partial charge in [-0.05, 0) is 19.1 Å². The molecule has 1 atom stereocenters. The van der Waals surface area contributed by atoms with Gasteiger partial charge < -0.3 is 0 Å². The lowest BCUT2D eigenvalue weighted by atomic mass is 10.1. The third kappa shape index (κ3) is 2.06. The van der Waals surface area contributed by atoms with Crippen molar-refractivity contribution >= 4 is 10.2 Å². The van der Waals surface area contributed by atoms with Crippen molar-refractivity contribution in [2.24, 2.45) is 0 Å². The number of hydrogen-bond donors (Lipinski definition) is 0. The Labute approximate surface area is 79.6 Å². The van der Waals surface area contributed by atoms with Gasteiger partial charge in [0.05, 0.1) is 0 Å². The van der Waals surface area contributed by atoms with E-state index in [4.69, 9.17) is 0 Å². The first kappa shape index (κ1) is 11.0. The Morgan fingerprint density at radius 2 is 1.64 bits per heavy atom. The predicted molar refractivity (Wildman–Crippen MR) is 44.8 cm³/mol. The molecule has 0 bridgehead atoms. The molecule has 0 radical (unpaired) electrons. The van der Waals surface area contributed by atoms with E-state index in [1.807, 2.05) is 0 Å². The van der Waals surface area contributed by atoms with E-state index in [1.165, 1.54) is 0 Å². The van der Waals surface area contributed by atoms with Gasteiger partial charge in [0.15, 0.2) is 0 Å². The van der Waals surface area contributed by atoms with Crippen LogP contribution in [-0.4, -0.2) is 8.42 Å². The summed E-state index contributed by atoms with van der Waals surface area (Å²) in [6.07, 6.45) is 0. The maximum Gasteiger partial charge on any atom is 0.309 e. The van der Waals surface area contributed by atoms with Crippen LogP contribution < -0.4 is 0 Å². The molecule has 1 aromatic rings. The molecule has 0 heterocycles. The van der Waals surface area contributed by atoms with E-state index in [0.29, 0.717) is 0 Å². The summed E-state index contributed by atoms with van der Waals surface area (Å²) in [7, 11) is -4.98. The Kier molecular flexibility index (Phi) is 2.84. The van der Waals surface area contributed by atoms with Crippen molar-refractivity contribution in [1.29, 1.82) is 0 Å². The molecule has 0 aliphatic rings. The van der Waals surface area contributed by atoms with Crippen molar-refractivity contribution in [1.82, 2.24) is 0 Å². The Hall–Kier alpha value is -1.04. The highest BCUT2D eigenvalue weighted by atomic mass is 32.3. The van der Waals surface area contributed by atoms with Gasteiger partial charge in [-0.1, -0.05) is 6.07 Å². The maximum atomic E-state index is 13.0. The quantitative estimate of drug-likeness (QED) is 0.722. The van der Waals surface area contributed by atoms with Crippen LogP contribution in [0.2, 0.25) is 0 Å². The molecule has 2 nitrogen and oxygen atoms in total. The first-order chi connectivity index (χ1) is 6.34. The minimum atomic E-state index is -4.98. The van der Waals surface area contributed by atoms with Crippen molar-refractivity contribution in [2.75, 3.05) is 0 Å². The summed E-state index contributed by atoms with van der Waals surface area (Å²) in [4.78, 5) is 0. The monoisotopic (exact) mass is 224 g/mol. The van der Waals surface area contributed by atoms with Crippen molar-refractivity contribution < 1.29 is 21.1 Å². The van der Waals surface area contributed by atoms with E-state index in [-0.39, 0.29) is 0 Å². The van der Waals surface area contributed by atoms with Gasteiger partial charge in [-0.3, -0.25) is 0 Å². The Balaban J connectivity index is 3.33. The molecular formula is C8H7F3O2S. The van der Waals surface area contributed by atoms with Crippen molar-refractivity contribution in [3.63, 3.8) is 0 Å². The molecule has 1 rings (SSSR count). The van der Waals surface area contributed by atoms with Crippen LogP contribution in [0.3, 0.4) is 0 Å². The van der Waals surface area contributed by atoms with Gasteiger partial charge in [0.2, 0.25) is 0 Å². The largest absolute Gasteiger partial charge is 0.309 e. The van der Waals surface area contributed by atoms with Crippen molar-refractivity contribution in [2.45, 2.75) is 12.2 Å². The second kappa shape index (κ2) is 3.61. The van der Waals surface area contributed by atoms with Crippen LogP contribution in [0.4, 0.5) is 12.7 Å². The smallest absolute Gasteiger partial charge is 0.207 e. The molecule has 0 fully saturated rings. The molecule has 1 aromatic carbocycles. The first-order valence-corrected chi connectivity index (χ1v) is 5.16. The summed E-state index contributed by atoms with van der Waals surface area (Å²) in [5.74, 6) is -2.14. The summed E-state index contributed by atoms with van der Waals surface area (Å²) in [6, 6.07) is 2.83. The molecule has 0 amide bonds. The van der Waals surface area contributed by atoms with E-state index in [2.05, 4.69) is 0 Å². The average Bonchev–Trinajstić information content (AvgIpc) is 2.01. The molecule has 0 spiro atoms. The van der Waals surface area contributed by atoms with E-state index >= 15 is 0 Å². The first-order valence-electron chi connectivity index (χ1n) is 3.71. The van der Waals surface area contributed by atoms with Crippen LogP contribution in [0.5, 0.6) is 0 Å². The second-order valence-corrected chi connectivity index (χ2v) is 4.41. The molecule has 6 heteroatoms. The zero-order chi connectivity index (χ0) is 10.9. The van der Waals surface area contributed by atoms with E-state index in [1.54, 1.807) is 0 Å². The van der Waals surface area contributed by atoms with E-state index < -0.39 is 32.7 Å². The van der Waals surface area contributed by atoms with Gasteiger partial charge in [-0.15, -0.1) is 3.89 Å². The molecule has 78 valence electrons. The van der Waals surface area contributed by atoms with Gasteiger partial charge in [0, 0.05) is 5.56 Å². The van der Waals surface area contributed by atoms with Gasteiger partial charge in [0.25, 0.3) is 0 Å². The number of rotatable bonds is 2. The fourth-order valence-electron chi connectivity index (χ4n) is 1.04. The summed E-state index contributed by atoms with van der Waals surface area (Å²) in [5.41, 5.74) is -0.769. The Morgan fingerprint density at radius 1 is 1.21 bits per heavy atom. The van der Waals surface area contributed by atoms with Crippen molar-refractivity contribution in [3.05, 3.63) is 35.4 Å².